The van der Waals surface area contributed by atoms with Gasteiger partial charge in [-0.15, -0.1) is 0 Å². The molecule has 0 saturated carbocycles. The molecular weight excluding hydrogens is 656 g/mol. The SMILES string of the molecule is CC1C(CN2CCCC2C(=O)OC(C)(C)C)OC(c2ccc(-c3cccc(CN4C(=O)c5ccccc5C4=O)c3)cc2)OC1c1ccc(CO)cc1. The summed E-state index contributed by atoms with van der Waals surface area (Å²) in [6.07, 6.45) is 0.502. The van der Waals surface area contributed by atoms with Gasteiger partial charge in [0.05, 0.1) is 36.5 Å². The van der Waals surface area contributed by atoms with E-state index in [0.29, 0.717) is 17.7 Å². The number of amides is 2. The lowest BCUT2D eigenvalue weighted by molar-refractivity contribution is -0.276. The van der Waals surface area contributed by atoms with Gasteiger partial charge in [-0.25, -0.2) is 0 Å². The van der Waals surface area contributed by atoms with Gasteiger partial charge in [-0.2, -0.15) is 0 Å². The number of esters is 1. The average molecular weight is 703 g/mol. The van der Waals surface area contributed by atoms with Crippen molar-refractivity contribution in [1.82, 2.24) is 9.80 Å². The molecule has 9 nitrogen and oxygen atoms in total. The molecule has 4 aromatic carbocycles. The predicted octanol–water partition coefficient (Wildman–Crippen LogP) is 7.24. The van der Waals surface area contributed by atoms with Crippen molar-refractivity contribution in [1.29, 1.82) is 0 Å². The number of carbonyl (C=O) groups is 3. The summed E-state index contributed by atoms with van der Waals surface area (Å²) in [7, 11) is 0. The largest absolute Gasteiger partial charge is 0.459 e. The topological polar surface area (TPSA) is 106 Å². The zero-order chi connectivity index (χ0) is 36.6. The number of nitrogens with zero attached hydrogens (tertiary/aromatic N) is 2. The molecular formula is C43H46N2O7. The Balaban J connectivity index is 1.10. The summed E-state index contributed by atoms with van der Waals surface area (Å²) in [5, 5.41) is 9.64. The Labute approximate surface area is 305 Å². The monoisotopic (exact) mass is 702 g/mol. The number of hydrogen-bond donors (Lipinski definition) is 1. The van der Waals surface area contributed by atoms with Crippen LogP contribution in [0, 0.1) is 5.92 Å². The van der Waals surface area contributed by atoms with Crippen LogP contribution in [-0.2, 0) is 32.2 Å². The Hall–Kier alpha value is -4.67. The first kappa shape index (κ1) is 35.7. The van der Waals surface area contributed by atoms with Crippen molar-refractivity contribution in [2.24, 2.45) is 5.92 Å². The molecule has 9 heteroatoms. The van der Waals surface area contributed by atoms with Gasteiger partial charge >= 0.3 is 5.97 Å². The lowest BCUT2D eigenvalue weighted by atomic mass is 9.89. The molecule has 4 aromatic rings. The van der Waals surface area contributed by atoms with Crippen molar-refractivity contribution in [2.45, 2.75) is 83.8 Å². The smallest absolute Gasteiger partial charge is 0.323 e. The molecule has 52 heavy (non-hydrogen) atoms. The fraction of sp³-hybridized carbons (Fsp3) is 0.372. The third kappa shape index (κ3) is 7.45. The van der Waals surface area contributed by atoms with Crippen molar-refractivity contribution < 1.29 is 33.7 Å². The van der Waals surface area contributed by atoms with Crippen molar-refractivity contribution >= 4 is 17.8 Å². The molecule has 0 bridgehead atoms. The molecule has 3 aliphatic rings. The van der Waals surface area contributed by atoms with E-state index in [1.165, 1.54) is 4.90 Å². The minimum absolute atomic E-state index is 0.0275. The van der Waals surface area contributed by atoms with Gasteiger partial charge < -0.3 is 19.3 Å². The van der Waals surface area contributed by atoms with Gasteiger partial charge in [-0.3, -0.25) is 24.2 Å². The highest BCUT2D eigenvalue weighted by atomic mass is 16.7. The third-order valence-corrected chi connectivity index (χ3v) is 10.2. The number of aliphatic hydroxyl groups is 1. The minimum Gasteiger partial charge on any atom is -0.459 e. The average Bonchev–Trinajstić information content (AvgIpc) is 3.71. The highest BCUT2D eigenvalue weighted by molar-refractivity contribution is 6.21. The van der Waals surface area contributed by atoms with Crippen LogP contribution >= 0.6 is 0 Å². The summed E-state index contributed by atoms with van der Waals surface area (Å²) >= 11 is 0. The Morgan fingerprint density at radius 2 is 1.50 bits per heavy atom. The molecule has 0 aliphatic carbocycles. The number of carbonyl (C=O) groups excluding carboxylic acids is 3. The van der Waals surface area contributed by atoms with Gasteiger partial charge in [0.25, 0.3) is 11.8 Å². The zero-order valence-electron chi connectivity index (χ0n) is 30.2. The van der Waals surface area contributed by atoms with Gasteiger partial charge in [0.2, 0.25) is 0 Å². The van der Waals surface area contributed by atoms with E-state index in [9.17, 15) is 19.5 Å². The van der Waals surface area contributed by atoms with E-state index in [2.05, 4.69) is 11.8 Å². The third-order valence-electron chi connectivity index (χ3n) is 10.2. The number of benzene rings is 4. The van der Waals surface area contributed by atoms with Gasteiger partial charge in [0.15, 0.2) is 6.29 Å². The van der Waals surface area contributed by atoms with Crippen LogP contribution in [0.25, 0.3) is 11.1 Å². The van der Waals surface area contributed by atoms with Gasteiger partial charge in [0, 0.05) is 18.0 Å². The number of fused-ring (bicyclic) bond motifs is 1. The first-order chi connectivity index (χ1) is 25.0. The van der Waals surface area contributed by atoms with Crippen LogP contribution in [0.4, 0.5) is 0 Å². The van der Waals surface area contributed by atoms with Crippen LogP contribution < -0.4 is 0 Å². The van der Waals surface area contributed by atoms with Gasteiger partial charge in [-0.05, 0) is 86.2 Å². The summed E-state index contributed by atoms with van der Waals surface area (Å²) in [5.41, 5.74) is 5.81. The van der Waals surface area contributed by atoms with Crippen LogP contribution in [0.2, 0.25) is 0 Å². The summed E-state index contributed by atoms with van der Waals surface area (Å²) in [6.45, 7) is 9.32. The van der Waals surface area contributed by atoms with Crippen molar-refractivity contribution in [3.63, 3.8) is 0 Å². The molecule has 2 fully saturated rings. The normalized spacial score (nSPS) is 23.6. The fourth-order valence-corrected chi connectivity index (χ4v) is 7.49. The van der Waals surface area contributed by atoms with Crippen molar-refractivity contribution in [3.05, 3.63) is 130 Å². The summed E-state index contributed by atoms with van der Waals surface area (Å²) in [6, 6.07) is 30.4. The predicted molar refractivity (Wildman–Crippen MR) is 196 cm³/mol. The van der Waals surface area contributed by atoms with E-state index in [1.807, 2.05) is 93.6 Å². The molecule has 3 aliphatic heterocycles. The Bertz CT molecular complexity index is 1900. The van der Waals surface area contributed by atoms with E-state index >= 15 is 0 Å². The van der Waals surface area contributed by atoms with Crippen LogP contribution in [0.1, 0.15) is 95.9 Å². The second-order valence-corrected chi connectivity index (χ2v) is 15.1. The molecule has 2 saturated heterocycles. The molecule has 0 radical (unpaired) electrons. The number of rotatable bonds is 9. The van der Waals surface area contributed by atoms with Crippen LogP contribution in [0.3, 0.4) is 0 Å². The first-order valence-electron chi connectivity index (χ1n) is 18.1. The number of ether oxygens (including phenoxy) is 3. The number of likely N-dealkylation sites (tertiary alicyclic amines) is 1. The lowest BCUT2D eigenvalue weighted by Gasteiger charge is -2.43. The Morgan fingerprint density at radius 3 is 2.15 bits per heavy atom. The van der Waals surface area contributed by atoms with Crippen molar-refractivity contribution in [2.75, 3.05) is 13.1 Å². The second-order valence-electron chi connectivity index (χ2n) is 15.1. The van der Waals surface area contributed by atoms with E-state index in [-0.39, 0.29) is 55.1 Å². The molecule has 7 rings (SSSR count). The number of imide groups is 1. The molecule has 1 N–H and O–H groups in total. The van der Waals surface area contributed by atoms with Crippen LogP contribution in [0.5, 0.6) is 0 Å². The second kappa shape index (κ2) is 14.8. The summed E-state index contributed by atoms with van der Waals surface area (Å²) in [4.78, 5) is 42.6. The molecule has 5 atom stereocenters. The van der Waals surface area contributed by atoms with Gasteiger partial charge in [-0.1, -0.05) is 85.8 Å². The van der Waals surface area contributed by atoms with E-state index in [0.717, 1.165) is 52.8 Å². The maximum absolute atomic E-state index is 13.2. The van der Waals surface area contributed by atoms with E-state index < -0.39 is 11.9 Å². The molecule has 270 valence electrons. The maximum Gasteiger partial charge on any atom is 0.323 e. The van der Waals surface area contributed by atoms with E-state index in [1.54, 1.807) is 24.3 Å². The summed E-state index contributed by atoms with van der Waals surface area (Å²) in [5.74, 6) is -0.771. The van der Waals surface area contributed by atoms with Crippen LogP contribution in [0.15, 0.2) is 97.1 Å². The Kier molecular flexibility index (Phi) is 10.1. The maximum atomic E-state index is 13.2. The molecule has 2 amide bonds. The van der Waals surface area contributed by atoms with Gasteiger partial charge in [0.1, 0.15) is 11.6 Å². The molecule has 0 spiro atoms. The molecule has 5 unspecified atom stereocenters. The number of hydrogen-bond acceptors (Lipinski definition) is 8. The van der Waals surface area contributed by atoms with Crippen molar-refractivity contribution in [3.8, 4) is 11.1 Å². The Morgan fingerprint density at radius 1 is 0.827 bits per heavy atom. The molecule has 0 aromatic heterocycles. The van der Waals surface area contributed by atoms with Crippen LogP contribution in [-0.4, -0.2) is 63.5 Å². The summed E-state index contributed by atoms with van der Waals surface area (Å²) < 4.78 is 19.2. The minimum atomic E-state index is -0.652. The standard InChI is InChI=1S/C43H46N2O7/c1-27-37(25-44-22-8-13-36(44)41(49)52-43(2,3)4)50-42(51-38(27)31-16-14-28(26-46)15-17-31)32-20-18-30(19-21-32)33-10-7-9-29(23-33)24-45-39(47)34-11-5-6-12-35(34)40(45)48/h5-7,9-12,14-21,23,27,36-38,42,46H,8,13,22,24-26H2,1-4H3. The lowest BCUT2D eigenvalue weighted by Crippen LogP contribution is -2.48. The highest BCUT2D eigenvalue weighted by Gasteiger charge is 2.42. The first-order valence-corrected chi connectivity index (χ1v) is 18.1. The van der Waals surface area contributed by atoms with E-state index in [4.69, 9.17) is 14.2 Å². The fourth-order valence-electron chi connectivity index (χ4n) is 7.49. The zero-order valence-corrected chi connectivity index (χ0v) is 30.2. The number of aliphatic hydroxyl groups excluding tert-OH is 1. The highest BCUT2D eigenvalue weighted by Crippen LogP contribution is 2.43. The molecule has 3 heterocycles. The quantitative estimate of drug-likeness (QED) is 0.144.